The van der Waals surface area contributed by atoms with Crippen molar-refractivity contribution in [3.8, 4) is 22.4 Å². The van der Waals surface area contributed by atoms with Gasteiger partial charge in [0.1, 0.15) is 12.8 Å². The molecule has 1 aromatic carbocycles. The van der Waals surface area contributed by atoms with E-state index in [1.165, 1.54) is 0 Å². The van der Waals surface area contributed by atoms with E-state index in [-0.39, 0.29) is 0 Å². The predicted molar refractivity (Wildman–Crippen MR) is 107 cm³/mol. The molecule has 0 atom stereocenters. The Bertz CT molecular complexity index is 1110. The maximum absolute atomic E-state index is 10.5. The maximum atomic E-state index is 10.5. The Labute approximate surface area is 164 Å². The molecule has 3 aromatic heterocycles. The summed E-state index contributed by atoms with van der Waals surface area (Å²) in [6.45, 7) is 3.76. The van der Waals surface area contributed by atoms with Gasteiger partial charge < -0.3 is 4.79 Å². The Morgan fingerprint density at radius 3 is 2.29 bits per heavy atom. The Morgan fingerprint density at radius 2 is 1.57 bits per heavy atom. The molecule has 0 amide bonds. The summed E-state index contributed by atoms with van der Waals surface area (Å²) >= 11 is 0. The fraction of sp³-hybridized carbons (Fsp3) is 0.174. The van der Waals surface area contributed by atoms with Gasteiger partial charge in [-0.1, -0.05) is 6.07 Å². The molecule has 0 saturated carbocycles. The number of hydrogen-bond acceptors (Lipinski definition) is 3. The van der Waals surface area contributed by atoms with Crippen LogP contribution in [0, 0.1) is 0 Å². The van der Waals surface area contributed by atoms with E-state index in [1.54, 1.807) is 0 Å². The van der Waals surface area contributed by atoms with E-state index < -0.39 is 0 Å². The summed E-state index contributed by atoms with van der Waals surface area (Å²) in [6, 6.07) is 14.4. The molecule has 4 aromatic rings. The summed E-state index contributed by atoms with van der Waals surface area (Å²) in [5.41, 5.74) is 5.90. The van der Waals surface area contributed by atoms with Gasteiger partial charge in [-0.15, -0.1) is 0 Å². The van der Waals surface area contributed by atoms with Crippen molar-refractivity contribution in [1.82, 2.24) is 9.97 Å². The fourth-order valence-corrected chi connectivity index (χ4v) is 3.17. The van der Waals surface area contributed by atoms with Crippen LogP contribution in [0.15, 0.2) is 73.4 Å². The molecule has 5 heteroatoms. The first-order valence-corrected chi connectivity index (χ1v) is 9.46. The van der Waals surface area contributed by atoms with Crippen molar-refractivity contribution in [1.29, 1.82) is 0 Å². The lowest BCUT2D eigenvalue weighted by Gasteiger charge is -2.05. The van der Waals surface area contributed by atoms with Crippen LogP contribution in [-0.2, 0) is 17.9 Å². The number of hydrogen-bond donors (Lipinski definition) is 0. The summed E-state index contributed by atoms with van der Waals surface area (Å²) in [4.78, 5) is 19.9. The quantitative estimate of drug-likeness (QED) is 0.387. The molecule has 0 unspecified atom stereocenters. The standard InChI is InChI=1S/C23H22N4O/c1-2-26-11-8-19(9-12-26)23-17-24-22-16-20(4-5-21(22)25-23)18-6-13-27(14-7-18)10-3-15-28/h4-9,11-17H,2-3,10H2,1H3/q+2. The summed E-state index contributed by atoms with van der Waals surface area (Å²) < 4.78 is 4.12. The van der Waals surface area contributed by atoms with Crippen LogP contribution in [-0.4, -0.2) is 16.3 Å². The molecule has 4 rings (SSSR count). The van der Waals surface area contributed by atoms with Crippen LogP contribution in [0.5, 0.6) is 0 Å². The van der Waals surface area contributed by atoms with Gasteiger partial charge in [0.2, 0.25) is 0 Å². The number of aromatic nitrogens is 4. The summed E-state index contributed by atoms with van der Waals surface area (Å²) in [6.07, 6.45) is 11.4. The van der Waals surface area contributed by atoms with Gasteiger partial charge in [0.05, 0.1) is 29.3 Å². The summed E-state index contributed by atoms with van der Waals surface area (Å²) in [5.74, 6) is 0. The van der Waals surface area contributed by atoms with Crippen LogP contribution in [0.1, 0.15) is 13.3 Å². The lowest BCUT2D eigenvalue weighted by atomic mass is 10.1. The second kappa shape index (κ2) is 8.05. The van der Waals surface area contributed by atoms with Gasteiger partial charge in [0.15, 0.2) is 31.3 Å². The van der Waals surface area contributed by atoms with Gasteiger partial charge in [-0.25, -0.2) is 14.1 Å². The van der Waals surface area contributed by atoms with E-state index in [0.717, 1.165) is 46.2 Å². The first-order valence-electron chi connectivity index (χ1n) is 9.46. The third-order valence-corrected chi connectivity index (χ3v) is 4.82. The number of aryl methyl sites for hydroxylation is 2. The normalized spacial score (nSPS) is 10.9. The number of nitrogens with zero attached hydrogens (tertiary/aromatic N) is 4. The number of aldehydes is 1. The molecule has 0 spiro atoms. The minimum Gasteiger partial charge on any atom is -0.303 e. The fourth-order valence-electron chi connectivity index (χ4n) is 3.17. The molecule has 0 aliphatic heterocycles. The first-order chi connectivity index (χ1) is 13.8. The van der Waals surface area contributed by atoms with Gasteiger partial charge in [-0.3, -0.25) is 4.98 Å². The number of carbonyl (C=O) groups is 1. The zero-order chi connectivity index (χ0) is 19.3. The average molecular weight is 370 g/mol. The number of benzene rings is 1. The van der Waals surface area contributed by atoms with E-state index in [0.29, 0.717) is 13.0 Å². The van der Waals surface area contributed by atoms with Gasteiger partial charge in [0, 0.05) is 29.8 Å². The van der Waals surface area contributed by atoms with Gasteiger partial charge in [-0.2, -0.15) is 0 Å². The molecule has 28 heavy (non-hydrogen) atoms. The van der Waals surface area contributed by atoms with E-state index in [1.807, 2.05) is 29.2 Å². The Hall–Kier alpha value is -3.47. The maximum Gasteiger partial charge on any atom is 0.169 e. The van der Waals surface area contributed by atoms with Crippen molar-refractivity contribution in [2.45, 2.75) is 26.4 Å². The Kier molecular flexibility index (Phi) is 5.15. The molecule has 5 nitrogen and oxygen atoms in total. The molecule has 0 aliphatic carbocycles. The molecular weight excluding hydrogens is 348 g/mol. The molecule has 0 bridgehead atoms. The summed E-state index contributed by atoms with van der Waals surface area (Å²) in [5, 5.41) is 0. The van der Waals surface area contributed by atoms with E-state index in [9.17, 15) is 4.79 Å². The molecule has 0 saturated heterocycles. The van der Waals surface area contributed by atoms with Crippen LogP contribution in [0.25, 0.3) is 33.4 Å². The highest BCUT2D eigenvalue weighted by molar-refractivity contribution is 5.82. The first kappa shape index (κ1) is 17.9. The zero-order valence-corrected chi connectivity index (χ0v) is 15.8. The second-order valence-corrected chi connectivity index (χ2v) is 6.66. The minimum absolute atomic E-state index is 0.526. The summed E-state index contributed by atoms with van der Waals surface area (Å²) in [7, 11) is 0. The van der Waals surface area contributed by atoms with Crippen molar-refractivity contribution in [3.63, 3.8) is 0 Å². The zero-order valence-electron chi connectivity index (χ0n) is 15.8. The smallest absolute Gasteiger partial charge is 0.169 e. The highest BCUT2D eigenvalue weighted by Crippen LogP contribution is 2.24. The van der Waals surface area contributed by atoms with Crippen LogP contribution in [0.2, 0.25) is 0 Å². The van der Waals surface area contributed by atoms with Gasteiger partial charge >= 0.3 is 0 Å². The third kappa shape index (κ3) is 3.78. The SMILES string of the molecule is CC[n+]1ccc(-c2cnc3cc(-c4cc[n+](CCC=O)cc4)ccc3n2)cc1. The monoisotopic (exact) mass is 370 g/mol. The van der Waals surface area contributed by atoms with Crippen molar-refractivity contribution in [3.05, 3.63) is 73.4 Å². The molecular formula is C23H22N4O+2. The molecule has 0 aliphatic rings. The highest BCUT2D eigenvalue weighted by Gasteiger charge is 2.08. The highest BCUT2D eigenvalue weighted by atomic mass is 16.1. The van der Waals surface area contributed by atoms with Crippen molar-refractivity contribution in [2.24, 2.45) is 0 Å². The third-order valence-electron chi connectivity index (χ3n) is 4.82. The minimum atomic E-state index is 0.526. The molecule has 3 heterocycles. The lowest BCUT2D eigenvalue weighted by molar-refractivity contribution is -0.695. The number of carbonyl (C=O) groups excluding carboxylic acids is 1. The molecule has 0 N–H and O–H groups in total. The number of pyridine rings is 2. The number of fused-ring (bicyclic) bond motifs is 1. The molecule has 0 fully saturated rings. The Balaban J connectivity index is 1.61. The van der Waals surface area contributed by atoms with E-state index >= 15 is 0 Å². The Morgan fingerprint density at radius 1 is 0.857 bits per heavy atom. The average Bonchev–Trinajstić information content (AvgIpc) is 2.77. The lowest BCUT2D eigenvalue weighted by Crippen LogP contribution is -2.32. The van der Waals surface area contributed by atoms with Gasteiger partial charge in [0.25, 0.3) is 0 Å². The second-order valence-electron chi connectivity index (χ2n) is 6.66. The van der Waals surface area contributed by atoms with Crippen molar-refractivity contribution >= 4 is 17.3 Å². The van der Waals surface area contributed by atoms with E-state index in [2.05, 4.69) is 65.3 Å². The van der Waals surface area contributed by atoms with Gasteiger partial charge in [-0.05, 0) is 30.2 Å². The van der Waals surface area contributed by atoms with Crippen LogP contribution in [0.4, 0.5) is 0 Å². The molecule has 138 valence electrons. The molecule has 0 radical (unpaired) electrons. The predicted octanol–water partition coefficient (Wildman–Crippen LogP) is 3.15. The largest absolute Gasteiger partial charge is 0.303 e. The van der Waals surface area contributed by atoms with Crippen LogP contribution in [0.3, 0.4) is 0 Å². The van der Waals surface area contributed by atoms with Crippen molar-refractivity contribution < 1.29 is 13.9 Å². The van der Waals surface area contributed by atoms with E-state index in [4.69, 9.17) is 4.98 Å². The van der Waals surface area contributed by atoms with Crippen molar-refractivity contribution in [2.75, 3.05) is 0 Å². The van der Waals surface area contributed by atoms with Crippen LogP contribution >= 0.6 is 0 Å². The number of rotatable bonds is 6. The van der Waals surface area contributed by atoms with Crippen LogP contribution < -0.4 is 9.13 Å². The topological polar surface area (TPSA) is 50.6 Å².